The van der Waals surface area contributed by atoms with Crippen molar-refractivity contribution in [2.75, 3.05) is 0 Å². The SMILES string of the molecule is CCc1ccc([C@@H]2NC(=O)CC[C@H]2[N+](=O)[O-])cc1Br. The van der Waals surface area contributed by atoms with Crippen LogP contribution in [0.3, 0.4) is 0 Å². The van der Waals surface area contributed by atoms with E-state index in [4.69, 9.17) is 0 Å². The maximum Gasteiger partial charge on any atom is 0.237 e. The van der Waals surface area contributed by atoms with Crippen molar-refractivity contribution in [2.24, 2.45) is 0 Å². The van der Waals surface area contributed by atoms with E-state index in [1.54, 1.807) is 0 Å². The molecule has 1 heterocycles. The van der Waals surface area contributed by atoms with Gasteiger partial charge in [-0.15, -0.1) is 0 Å². The Labute approximate surface area is 119 Å². The van der Waals surface area contributed by atoms with Crippen molar-refractivity contribution in [3.8, 4) is 0 Å². The predicted octanol–water partition coefficient (Wildman–Crippen LogP) is 2.61. The second-order valence-electron chi connectivity index (χ2n) is 4.64. The summed E-state index contributed by atoms with van der Waals surface area (Å²) in [6.07, 6.45) is 1.39. The summed E-state index contributed by atoms with van der Waals surface area (Å²) in [6, 6.07) is 4.37. The molecule has 0 radical (unpaired) electrons. The molecule has 0 aliphatic carbocycles. The normalized spacial score (nSPS) is 22.9. The number of amides is 1. The summed E-state index contributed by atoms with van der Waals surface area (Å²) in [7, 11) is 0. The van der Waals surface area contributed by atoms with E-state index >= 15 is 0 Å². The van der Waals surface area contributed by atoms with Crippen LogP contribution in [0.2, 0.25) is 0 Å². The Hall–Kier alpha value is -1.43. The van der Waals surface area contributed by atoms with E-state index in [0.717, 1.165) is 22.0 Å². The summed E-state index contributed by atoms with van der Waals surface area (Å²) >= 11 is 3.46. The molecule has 1 fully saturated rings. The fourth-order valence-electron chi connectivity index (χ4n) is 2.36. The lowest BCUT2D eigenvalue weighted by molar-refractivity contribution is -0.529. The van der Waals surface area contributed by atoms with Crippen LogP contribution in [-0.2, 0) is 11.2 Å². The van der Waals surface area contributed by atoms with Gasteiger partial charge in [0, 0.05) is 22.2 Å². The third kappa shape index (κ3) is 2.94. The molecule has 5 nitrogen and oxygen atoms in total. The van der Waals surface area contributed by atoms with Crippen LogP contribution in [0.5, 0.6) is 0 Å². The number of nitrogens with zero attached hydrogens (tertiary/aromatic N) is 1. The number of carbonyl (C=O) groups is 1. The number of hydrogen-bond acceptors (Lipinski definition) is 3. The van der Waals surface area contributed by atoms with Gasteiger partial charge in [-0.1, -0.05) is 35.0 Å². The van der Waals surface area contributed by atoms with Crippen molar-refractivity contribution in [3.05, 3.63) is 43.9 Å². The quantitative estimate of drug-likeness (QED) is 0.685. The Morgan fingerprint density at radius 3 is 2.84 bits per heavy atom. The fourth-order valence-corrected chi connectivity index (χ4v) is 3.04. The second-order valence-corrected chi connectivity index (χ2v) is 5.50. The monoisotopic (exact) mass is 326 g/mol. The van der Waals surface area contributed by atoms with Crippen molar-refractivity contribution in [3.63, 3.8) is 0 Å². The van der Waals surface area contributed by atoms with E-state index in [9.17, 15) is 14.9 Å². The third-order valence-electron chi connectivity index (χ3n) is 3.46. The summed E-state index contributed by atoms with van der Waals surface area (Å²) in [6.45, 7) is 2.04. The number of benzene rings is 1. The Morgan fingerprint density at radius 1 is 1.53 bits per heavy atom. The van der Waals surface area contributed by atoms with Crippen LogP contribution in [0.4, 0.5) is 0 Å². The van der Waals surface area contributed by atoms with Crippen LogP contribution in [0.15, 0.2) is 22.7 Å². The Kier molecular flexibility index (Phi) is 4.19. The molecule has 1 aromatic rings. The molecule has 2 atom stereocenters. The van der Waals surface area contributed by atoms with Crippen molar-refractivity contribution in [2.45, 2.75) is 38.3 Å². The number of piperidine rings is 1. The number of nitrogens with one attached hydrogen (secondary N) is 1. The second kappa shape index (κ2) is 5.69. The predicted molar refractivity (Wildman–Crippen MR) is 74.4 cm³/mol. The minimum absolute atomic E-state index is 0.126. The van der Waals surface area contributed by atoms with Gasteiger partial charge in [-0.25, -0.2) is 0 Å². The molecule has 0 aromatic heterocycles. The van der Waals surface area contributed by atoms with Gasteiger partial charge in [0.1, 0.15) is 6.04 Å². The first-order valence-corrected chi connectivity index (χ1v) is 7.03. The molecular formula is C13H15BrN2O3. The summed E-state index contributed by atoms with van der Waals surface area (Å²) in [4.78, 5) is 22.3. The number of carbonyl (C=O) groups excluding carboxylic acids is 1. The molecule has 0 bridgehead atoms. The zero-order valence-corrected chi connectivity index (χ0v) is 12.1. The van der Waals surface area contributed by atoms with Gasteiger partial charge in [-0.2, -0.15) is 0 Å². The van der Waals surface area contributed by atoms with Crippen LogP contribution < -0.4 is 5.32 Å². The highest BCUT2D eigenvalue weighted by molar-refractivity contribution is 9.10. The molecule has 1 aliphatic heterocycles. The molecule has 1 N–H and O–H groups in total. The summed E-state index contributed by atoms with van der Waals surface area (Å²) in [5.41, 5.74) is 1.92. The standard InChI is InChI=1S/C13H15BrN2O3/c1-2-8-3-4-9(7-10(8)14)13-11(16(18)19)5-6-12(17)15-13/h3-4,7,11,13H,2,5-6H2,1H3,(H,15,17)/t11-,13+/m1/s1. The van der Waals surface area contributed by atoms with E-state index < -0.39 is 12.1 Å². The fraction of sp³-hybridized carbons (Fsp3) is 0.462. The number of halogens is 1. The summed E-state index contributed by atoms with van der Waals surface area (Å²) in [5.74, 6) is -0.126. The van der Waals surface area contributed by atoms with Crippen LogP contribution in [0.25, 0.3) is 0 Å². The van der Waals surface area contributed by atoms with Gasteiger partial charge in [0.05, 0.1) is 0 Å². The first-order valence-electron chi connectivity index (χ1n) is 6.24. The van der Waals surface area contributed by atoms with Crippen molar-refractivity contribution in [1.82, 2.24) is 5.32 Å². The molecule has 1 aromatic carbocycles. The lowest BCUT2D eigenvalue weighted by Gasteiger charge is -2.27. The average Bonchev–Trinajstić information content (AvgIpc) is 2.38. The highest BCUT2D eigenvalue weighted by Gasteiger charge is 2.38. The number of nitro groups is 1. The molecule has 0 spiro atoms. The average molecular weight is 327 g/mol. The van der Waals surface area contributed by atoms with Crippen molar-refractivity contribution < 1.29 is 9.72 Å². The maximum atomic E-state index is 11.5. The Balaban J connectivity index is 2.33. The van der Waals surface area contributed by atoms with Crippen LogP contribution in [0.1, 0.15) is 36.9 Å². The molecule has 19 heavy (non-hydrogen) atoms. The summed E-state index contributed by atoms with van der Waals surface area (Å²) in [5, 5.41) is 13.8. The Morgan fingerprint density at radius 2 is 2.26 bits per heavy atom. The lowest BCUT2D eigenvalue weighted by Crippen LogP contribution is -2.45. The molecule has 1 amide bonds. The van der Waals surface area contributed by atoms with Gasteiger partial charge in [0.25, 0.3) is 0 Å². The molecular weight excluding hydrogens is 312 g/mol. The molecule has 6 heteroatoms. The maximum absolute atomic E-state index is 11.5. The van der Waals surface area contributed by atoms with E-state index in [1.165, 1.54) is 0 Å². The van der Waals surface area contributed by atoms with E-state index in [1.807, 2.05) is 25.1 Å². The van der Waals surface area contributed by atoms with Gasteiger partial charge in [-0.05, 0) is 23.6 Å². The molecule has 0 unspecified atom stereocenters. The van der Waals surface area contributed by atoms with Gasteiger partial charge in [0.15, 0.2) is 0 Å². The van der Waals surface area contributed by atoms with Gasteiger partial charge >= 0.3 is 0 Å². The number of aryl methyl sites for hydroxylation is 1. The third-order valence-corrected chi connectivity index (χ3v) is 4.19. The van der Waals surface area contributed by atoms with Gasteiger partial charge in [-0.3, -0.25) is 14.9 Å². The minimum atomic E-state index is -0.753. The zero-order chi connectivity index (χ0) is 14.0. The van der Waals surface area contributed by atoms with E-state index in [2.05, 4.69) is 21.2 Å². The van der Waals surface area contributed by atoms with E-state index in [0.29, 0.717) is 0 Å². The lowest BCUT2D eigenvalue weighted by atomic mass is 9.92. The van der Waals surface area contributed by atoms with Crippen molar-refractivity contribution >= 4 is 21.8 Å². The molecule has 2 rings (SSSR count). The number of rotatable bonds is 3. The number of hydrogen-bond donors (Lipinski definition) is 1. The topological polar surface area (TPSA) is 72.2 Å². The highest BCUT2D eigenvalue weighted by atomic mass is 79.9. The Bertz CT molecular complexity index is 519. The largest absolute Gasteiger partial charge is 0.343 e. The van der Waals surface area contributed by atoms with E-state index in [-0.39, 0.29) is 23.7 Å². The highest BCUT2D eigenvalue weighted by Crippen LogP contribution is 2.29. The smallest absolute Gasteiger partial charge is 0.237 e. The van der Waals surface area contributed by atoms with Crippen molar-refractivity contribution in [1.29, 1.82) is 0 Å². The molecule has 102 valence electrons. The molecule has 0 saturated carbocycles. The molecule has 1 saturated heterocycles. The van der Waals surface area contributed by atoms with Crippen LogP contribution in [-0.4, -0.2) is 16.9 Å². The van der Waals surface area contributed by atoms with Gasteiger partial charge < -0.3 is 5.32 Å². The molecule has 1 aliphatic rings. The van der Waals surface area contributed by atoms with Gasteiger partial charge in [0.2, 0.25) is 11.9 Å². The minimum Gasteiger partial charge on any atom is -0.343 e. The zero-order valence-electron chi connectivity index (χ0n) is 10.6. The first-order chi connectivity index (χ1) is 9.02. The van der Waals surface area contributed by atoms with Crippen LogP contribution in [0, 0.1) is 10.1 Å². The first kappa shape index (κ1) is 14.0. The summed E-state index contributed by atoms with van der Waals surface area (Å²) < 4.78 is 0.925. The van der Waals surface area contributed by atoms with Crippen LogP contribution >= 0.6 is 15.9 Å².